The van der Waals surface area contributed by atoms with E-state index in [0.717, 1.165) is 0 Å². The van der Waals surface area contributed by atoms with Gasteiger partial charge in [-0.25, -0.2) is 5.43 Å². The molecule has 9 heteroatoms. The van der Waals surface area contributed by atoms with Crippen LogP contribution in [0.25, 0.3) is 0 Å². The van der Waals surface area contributed by atoms with Crippen molar-refractivity contribution in [3.8, 4) is 11.5 Å². The number of ether oxygens (including phenoxy) is 1. The molecule has 0 saturated heterocycles. The lowest BCUT2D eigenvalue weighted by atomic mass is 10.0. The van der Waals surface area contributed by atoms with Crippen LogP contribution < -0.4 is 15.5 Å². The Hall–Kier alpha value is -2.77. The van der Waals surface area contributed by atoms with E-state index in [1.54, 1.807) is 38.1 Å². The summed E-state index contributed by atoms with van der Waals surface area (Å²) < 4.78 is 5.02. The number of methoxy groups -OCH3 is 1. The fourth-order valence-electron chi connectivity index (χ4n) is 2.44. The maximum Gasteiger partial charge on any atom is 0.262 e. The summed E-state index contributed by atoms with van der Waals surface area (Å²) in [6.07, 6.45) is 1.24. The molecular formula is C20H21Cl2N3O4. The quantitative estimate of drug-likeness (QED) is 0.454. The lowest BCUT2D eigenvalue weighted by Crippen LogP contribution is -2.48. The van der Waals surface area contributed by atoms with Crippen molar-refractivity contribution < 1.29 is 19.4 Å². The van der Waals surface area contributed by atoms with Crippen LogP contribution in [0.4, 0.5) is 0 Å². The van der Waals surface area contributed by atoms with Crippen molar-refractivity contribution in [1.82, 2.24) is 10.7 Å². The lowest BCUT2D eigenvalue weighted by molar-refractivity contribution is -0.123. The number of phenols is 1. The highest BCUT2D eigenvalue weighted by atomic mass is 35.5. The third-order valence-corrected chi connectivity index (χ3v) is 4.48. The maximum atomic E-state index is 12.5. The first kappa shape index (κ1) is 22.5. The van der Waals surface area contributed by atoms with Gasteiger partial charge in [0.25, 0.3) is 11.8 Å². The number of aromatic hydroxyl groups is 1. The normalized spacial score (nSPS) is 12.1. The molecule has 1 unspecified atom stereocenters. The van der Waals surface area contributed by atoms with Crippen LogP contribution in [0.5, 0.6) is 11.5 Å². The van der Waals surface area contributed by atoms with Gasteiger partial charge < -0.3 is 15.2 Å². The number of phenolic OH excluding ortho intramolecular Hbond substituents is 1. The zero-order valence-corrected chi connectivity index (χ0v) is 17.6. The lowest BCUT2D eigenvalue weighted by Gasteiger charge is -2.20. The van der Waals surface area contributed by atoms with Crippen molar-refractivity contribution in [3.05, 3.63) is 57.6 Å². The van der Waals surface area contributed by atoms with Gasteiger partial charge >= 0.3 is 0 Å². The van der Waals surface area contributed by atoms with Crippen LogP contribution in [0.15, 0.2) is 41.5 Å². The van der Waals surface area contributed by atoms with Gasteiger partial charge in [0.1, 0.15) is 6.04 Å². The summed E-state index contributed by atoms with van der Waals surface area (Å²) in [6, 6.07) is 8.43. The monoisotopic (exact) mass is 437 g/mol. The van der Waals surface area contributed by atoms with Crippen LogP contribution >= 0.6 is 23.2 Å². The van der Waals surface area contributed by atoms with Crippen LogP contribution in [0, 0.1) is 5.92 Å². The molecule has 0 saturated carbocycles. The Morgan fingerprint density at radius 3 is 2.38 bits per heavy atom. The Bertz CT molecular complexity index is 915. The Balaban J connectivity index is 2.08. The molecule has 0 aliphatic heterocycles. The average molecular weight is 438 g/mol. The Morgan fingerprint density at radius 2 is 1.79 bits per heavy atom. The zero-order chi connectivity index (χ0) is 21.6. The van der Waals surface area contributed by atoms with E-state index in [1.165, 1.54) is 25.5 Å². The molecule has 1 atom stereocenters. The largest absolute Gasteiger partial charge is 0.504 e. The molecule has 0 radical (unpaired) electrons. The molecule has 2 rings (SSSR count). The number of hydrogen-bond acceptors (Lipinski definition) is 5. The summed E-state index contributed by atoms with van der Waals surface area (Å²) in [5.41, 5.74) is 3.01. The van der Waals surface area contributed by atoms with Gasteiger partial charge in [0, 0.05) is 27.2 Å². The number of rotatable bonds is 7. The van der Waals surface area contributed by atoms with E-state index >= 15 is 0 Å². The van der Waals surface area contributed by atoms with Gasteiger partial charge in [0.15, 0.2) is 11.5 Å². The Kier molecular flexibility index (Phi) is 7.87. The molecule has 2 amide bonds. The van der Waals surface area contributed by atoms with E-state index in [-0.39, 0.29) is 23.0 Å². The summed E-state index contributed by atoms with van der Waals surface area (Å²) in [5.74, 6) is -1.09. The standard InChI is InChI=1S/C20H21Cl2N3O4/c1-11(2)17(24-19(27)12-4-6-14(21)7-5-12)20(28)25-23-10-13-8-15(22)9-16(29-3)18(13)26/h4-11,17,26H,1-3H3,(H,24,27)(H,25,28). The number of carbonyl (C=O) groups excluding carboxylic acids is 2. The second-order valence-electron chi connectivity index (χ2n) is 6.48. The summed E-state index contributed by atoms with van der Waals surface area (Å²) >= 11 is 11.8. The van der Waals surface area contributed by atoms with Crippen molar-refractivity contribution in [2.24, 2.45) is 11.0 Å². The van der Waals surface area contributed by atoms with Crippen LogP contribution in [0.1, 0.15) is 29.8 Å². The summed E-state index contributed by atoms with van der Waals surface area (Å²) in [6.45, 7) is 3.59. The molecule has 154 valence electrons. The van der Waals surface area contributed by atoms with Gasteiger partial charge in [-0.1, -0.05) is 37.0 Å². The van der Waals surface area contributed by atoms with E-state index in [2.05, 4.69) is 15.8 Å². The molecule has 29 heavy (non-hydrogen) atoms. The van der Waals surface area contributed by atoms with Gasteiger partial charge in [-0.15, -0.1) is 0 Å². The van der Waals surface area contributed by atoms with Gasteiger partial charge in [-0.05, 0) is 36.2 Å². The first-order valence-corrected chi connectivity index (χ1v) is 9.44. The minimum absolute atomic E-state index is 0.161. The molecular weight excluding hydrogens is 417 g/mol. The van der Waals surface area contributed by atoms with Crippen LogP contribution in [-0.2, 0) is 4.79 Å². The van der Waals surface area contributed by atoms with Gasteiger partial charge in [-0.3, -0.25) is 9.59 Å². The molecule has 0 heterocycles. The van der Waals surface area contributed by atoms with Crippen molar-refractivity contribution in [2.75, 3.05) is 7.11 Å². The van der Waals surface area contributed by atoms with Crippen LogP contribution in [0.3, 0.4) is 0 Å². The molecule has 0 fully saturated rings. The third kappa shape index (κ3) is 6.10. The third-order valence-electron chi connectivity index (χ3n) is 4.01. The van der Waals surface area contributed by atoms with Gasteiger partial charge in [0.2, 0.25) is 0 Å². The van der Waals surface area contributed by atoms with Crippen molar-refractivity contribution in [2.45, 2.75) is 19.9 Å². The number of amides is 2. The highest BCUT2D eigenvalue weighted by molar-refractivity contribution is 6.31. The molecule has 7 nitrogen and oxygen atoms in total. The fourth-order valence-corrected chi connectivity index (χ4v) is 2.79. The SMILES string of the molecule is COc1cc(Cl)cc(C=NNC(=O)C(NC(=O)c2ccc(Cl)cc2)C(C)C)c1O. The van der Waals surface area contributed by atoms with Crippen molar-refractivity contribution >= 4 is 41.2 Å². The van der Waals surface area contributed by atoms with Gasteiger partial charge in [-0.2, -0.15) is 5.10 Å². The number of nitrogens with zero attached hydrogens (tertiary/aromatic N) is 1. The molecule has 0 aliphatic carbocycles. The van der Waals surface area contributed by atoms with Gasteiger partial charge in [0.05, 0.1) is 13.3 Å². The molecule has 0 spiro atoms. The summed E-state index contributed by atoms with van der Waals surface area (Å²) in [4.78, 5) is 24.9. The minimum Gasteiger partial charge on any atom is -0.504 e. The Morgan fingerprint density at radius 1 is 1.14 bits per heavy atom. The molecule has 0 aromatic heterocycles. The number of carbonyl (C=O) groups is 2. The average Bonchev–Trinajstić information content (AvgIpc) is 2.68. The number of nitrogens with one attached hydrogen (secondary N) is 2. The smallest absolute Gasteiger partial charge is 0.262 e. The predicted octanol–water partition coefficient (Wildman–Crippen LogP) is 3.61. The van der Waals surface area contributed by atoms with E-state index < -0.39 is 17.9 Å². The minimum atomic E-state index is -0.821. The number of benzene rings is 2. The highest BCUT2D eigenvalue weighted by Gasteiger charge is 2.24. The maximum absolute atomic E-state index is 12.5. The summed E-state index contributed by atoms with van der Waals surface area (Å²) in [5, 5.41) is 17.5. The second kappa shape index (κ2) is 10.1. The van der Waals surface area contributed by atoms with E-state index in [0.29, 0.717) is 15.6 Å². The van der Waals surface area contributed by atoms with E-state index in [9.17, 15) is 14.7 Å². The molecule has 0 bridgehead atoms. The second-order valence-corrected chi connectivity index (χ2v) is 7.36. The van der Waals surface area contributed by atoms with E-state index in [1.807, 2.05) is 0 Å². The molecule has 2 aromatic carbocycles. The van der Waals surface area contributed by atoms with Crippen LogP contribution in [0.2, 0.25) is 10.0 Å². The number of hydrogen-bond donors (Lipinski definition) is 3. The van der Waals surface area contributed by atoms with E-state index in [4.69, 9.17) is 27.9 Å². The molecule has 2 aromatic rings. The fraction of sp³-hybridized carbons (Fsp3) is 0.250. The first-order valence-electron chi connectivity index (χ1n) is 8.68. The molecule has 3 N–H and O–H groups in total. The topological polar surface area (TPSA) is 100 Å². The van der Waals surface area contributed by atoms with Crippen molar-refractivity contribution in [3.63, 3.8) is 0 Å². The molecule has 0 aliphatic rings. The highest BCUT2D eigenvalue weighted by Crippen LogP contribution is 2.32. The predicted molar refractivity (Wildman–Crippen MR) is 113 cm³/mol. The zero-order valence-electron chi connectivity index (χ0n) is 16.1. The van der Waals surface area contributed by atoms with Crippen molar-refractivity contribution in [1.29, 1.82) is 0 Å². The van der Waals surface area contributed by atoms with Crippen LogP contribution in [-0.4, -0.2) is 36.3 Å². The summed E-state index contributed by atoms with van der Waals surface area (Å²) in [7, 11) is 1.39. The Labute approximate surface area is 178 Å². The number of halogens is 2. The number of hydrazone groups is 1. The first-order chi connectivity index (χ1) is 13.7.